The lowest BCUT2D eigenvalue weighted by molar-refractivity contribution is 0.409. The van der Waals surface area contributed by atoms with Crippen LogP contribution in [-0.2, 0) is 0 Å². The number of rotatable bonds is 5. The van der Waals surface area contributed by atoms with Gasteiger partial charge in [-0.25, -0.2) is 4.99 Å². The summed E-state index contributed by atoms with van der Waals surface area (Å²) in [6.45, 7) is 0. The zero-order chi connectivity index (χ0) is 37.5. The molecule has 2 unspecified atom stereocenters. The van der Waals surface area contributed by atoms with Gasteiger partial charge in [-0.15, -0.1) is 11.3 Å². The Morgan fingerprint density at radius 2 is 1.12 bits per heavy atom. The molecule has 6 heteroatoms. The van der Waals surface area contributed by atoms with Crippen molar-refractivity contribution in [2.45, 2.75) is 12.3 Å². The Kier molecular flexibility index (Phi) is 7.24. The lowest BCUT2D eigenvalue weighted by atomic mass is 10.00. The molecule has 0 radical (unpaired) electrons. The molecule has 4 heterocycles. The Morgan fingerprint density at radius 3 is 1.89 bits per heavy atom. The number of thiophene rings is 1. The third-order valence-corrected chi connectivity index (χ3v) is 12.7. The van der Waals surface area contributed by atoms with Gasteiger partial charge >= 0.3 is 0 Å². The first-order chi connectivity index (χ1) is 28.2. The Labute approximate surface area is 332 Å². The highest BCUT2D eigenvalue weighted by Gasteiger charge is 2.26. The van der Waals surface area contributed by atoms with E-state index in [1.807, 2.05) is 23.5 Å². The molecule has 1 aliphatic rings. The molecule has 0 aliphatic carbocycles. The standard InChI is InChI=1S/C51H34N4OS/c1-3-12-31(13-4-1)49-52-50(32-14-5-2-6-15-32)54-51(53-49)35-23-26-46-40(30-35)39-28-33(22-25-45(39)56-46)34-24-27-47-41(29-34)38-18-11-21-44(48(38)57-47)55-42-19-9-7-16-36(42)37-17-8-10-20-43(37)55/h1-30,49,51,53H,(H,52,54). The van der Waals surface area contributed by atoms with E-state index in [-0.39, 0.29) is 12.3 Å². The number of aromatic nitrogens is 1. The summed E-state index contributed by atoms with van der Waals surface area (Å²) in [5, 5.41) is 14.7. The van der Waals surface area contributed by atoms with Crippen LogP contribution in [0.15, 0.2) is 191 Å². The van der Waals surface area contributed by atoms with Crippen LogP contribution in [0, 0.1) is 0 Å². The number of nitrogens with zero attached hydrogens (tertiary/aromatic N) is 2. The summed E-state index contributed by atoms with van der Waals surface area (Å²) in [6, 6.07) is 65.0. The molecule has 5 nitrogen and oxygen atoms in total. The molecule has 0 amide bonds. The van der Waals surface area contributed by atoms with Gasteiger partial charge in [0, 0.05) is 42.6 Å². The van der Waals surface area contributed by atoms with E-state index < -0.39 is 0 Å². The Hall–Kier alpha value is -6.99. The van der Waals surface area contributed by atoms with Crippen LogP contribution in [0.4, 0.5) is 0 Å². The smallest absolute Gasteiger partial charge is 0.135 e. The third-order valence-electron chi connectivity index (χ3n) is 11.5. The lowest BCUT2D eigenvalue weighted by Crippen LogP contribution is -2.44. The highest BCUT2D eigenvalue weighted by Crippen LogP contribution is 2.43. The molecule has 0 fully saturated rings. The molecule has 3 aromatic heterocycles. The molecule has 2 N–H and O–H groups in total. The van der Waals surface area contributed by atoms with E-state index >= 15 is 0 Å². The van der Waals surface area contributed by atoms with E-state index in [1.54, 1.807) is 0 Å². The average molecular weight is 751 g/mol. The third kappa shape index (κ3) is 5.22. The van der Waals surface area contributed by atoms with Crippen LogP contribution in [-0.4, -0.2) is 10.4 Å². The van der Waals surface area contributed by atoms with Crippen molar-refractivity contribution < 1.29 is 4.42 Å². The molecule has 8 aromatic carbocycles. The number of benzene rings is 8. The molecule has 270 valence electrons. The number of nitrogens with one attached hydrogen (secondary N) is 2. The molecule has 0 bridgehead atoms. The van der Waals surface area contributed by atoms with Gasteiger partial charge in [0.25, 0.3) is 0 Å². The van der Waals surface area contributed by atoms with Gasteiger partial charge in [-0.05, 0) is 76.9 Å². The monoisotopic (exact) mass is 750 g/mol. The maximum atomic E-state index is 6.42. The van der Waals surface area contributed by atoms with E-state index in [0.717, 1.165) is 50.0 Å². The summed E-state index contributed by atoms with van der Waals surface area (Å²) in [4.78, 5) is 5.20. The lowest BCUT2D eigenvalue weighted by Gasteiger charge is -2.32. The van der Waals surface area contributed by atoms with Gasteiger partial charge < -0.3 is 14.3 Å². The molecule has 1 aliphatic heterocycles. The van der Waals surface area contributed by atoms with E-state index in [4.69, 9.17) is 9.41 Å². The minimum Gasteiger partial charge on any atom is -0.456 e. The predicted octanol–water partition coefficient (Wildman–Crippen LogP) is 13.1. The maximum absolute atomic E-state index is 6.42. The van der Waals surface area contributed by atoms with Gasteiger partial charge in [-0.1, -0.05) is 127 Å². The fourth-order valence-electron chi connectivity index (χ4n) is 8.76. The summed E-state index contributed by atoms with van der Waals surface area (Å²) in [6.07, 6.45) is -0.362. The fraction of sp³-hybridized carbons (Fsp3) is 0.0392. The first-order valence-corrected chi connectivity index (χ1v) is 20.2. The second-order valence-electron chi connectivity index (χ2n) is 14.8. The molecule has 57 heavy (non-hydrogen) atoms. The van der Waals surface area contributed by atoms with Gasteiger partial charge in [-0.3, -0.25) is 5.32 Å². The van der Waals surface area contributed by atoms with Crippen molar-refractivity contribution in [2.75, 3.05) is 0 Å². The van der Waals surface area contributed by atoms with Crippen LogP contribution in [0.25, 0.3) is 80.7 Å². The van der Waals surface area contributed by atoms with Crippen molar-refractivity contribution in [3.05, 3.63) is 199 Å². The first kappa shape index (κ1) is 32.3. The summed E-state index contributed by atoms with van der Waals surface area (Å²) >= 11 is 1.87. The normalized spacial score (nSPS) is 15.9. The topological polar surface area (TPSA) is 54.5 Å². The molecule has 12 rings (SSSR count). The predicted molar refractivity (Wildman–Crippen MR) is 238 cm³/mol. The van der Waals surface area contributed by atoms with Gasteiger partial charge in [-0.2, -0.15) is 0 Å². The van der Waals surface area contributed by atoms with Crippen molar-refractivity contribution in [1.82, 2.24) is 15.2 Å². The minimum absolute atomic E-state index is 0.103. The quantitative estimate of drug-likeness (QED) is 0.184. The first-order valence-electron chi connectivity index (χ1n) is 19.3. The summed E-state index contributed by atoms with van der Waals surface area (Å²) in [5.74, 6) is 0.867. The van der Waals surface area contributed by atoms with Crippen LogP contribution in [0.3, 0.4) is 0 Å². The van der Waals surface area contributed by atoms with E-state index in [9.17, 15) is 0 Å². The SMILES string of the molecule is c1ccc(C2=NC(c3ccc4oc5ccc(-c6ccc7sc8c(-n9c%10ccccc%10c%10ccccc%109)cccc8c7c6)cc5c4c3)NC(c3ccccc3)N2)cc1. The van der Waals surface area contributed by atoms with Crippen molar-refractivity contribution in [3.8, 4) is 16.8 Å². The van der Waals surface area contributed by atoms with E-state index in [1.165, 1.54) is 53.2 Å². The molecule has 11 aromatic rings. The number of fused-ring (bicyclic) bond motifs is 9. The number of aliphatic imine (C=N–C) groups is 1. The zero-order valence-electron chi connectivity index (χ0n) is 30.7. The minimum atomic E-state index is -0.258. The van der Waals surface area contributed by atoms with Crippen LogP contribution in [0.5, 0.6) is 0 Å². The summed E-state index contributed by atoms with van der Waals surface area (Å²) in [5.41, 5.74) is 11.0. The highest BCUT2D eigenvalue weighted by molar-refractivity contribution is 7.26. The Balaban J connectivity index is 0.954. The van der Waals surface area contributed by atoms with E-state index in [0.29, 0.717) is 0 Å². The van der Waals surface area contributed by atoms with Crippen molar-refractivity contribution >= 4 is 81.1 Å². The molecule has 2 atom stereocenters. The molecule has 0 saturated carbocycles. The van der Waals surface area contributed by atoms with Gasteiger partial charge in [0.15, 0.2) is 0 Å². The molecular formula is C51H34N4OS. The number of furan rings is 1. The van der Waals surface area contributed by atoms with Crippen LogP contribution < -0.4 is 10.6 Å². The zero-order valence-corrected chi connectivity index (χ0v) is 31.5. The van der Waals surface area contributed by atoms with Crippen LogP contribution in [0.2, 0.25) is 0 Å². The van der Waals surface area contributed by atoms with Gasteiger partial charge in [0.2, 0.25) is 0 Å². The number of amidine groups is 1. The second-order valence-corrected chi connectivity index (χ2v) is 15.9. The van der Waals surface area contributed by atoms with Gasteiger partial charge in [0.05, 0.1) is 21.4 Å². The van der Waals surface area contributed by atoms with Gasteiger partial charge in [0.1, 0.15) is 29.3 Å². The largest absolute Gasteiger partial charge is 0.456 e. The van der Waals surface area contributed by atoms with Crippen LogP contribution in [0.1, 0.15) is 29.0 Å². The number of para-hydroxylation sites is 2. The molecule has 0 spiro atoms. The highest BCUT2D eigenvalue weighted by atomic mass is 32.1. The summed E-state index contributed by atoms with van der Waals surface area (Å²) < 4.78 is 11.4. The van der Waals surface area contributed by atoms with Crippen molar-refractivity contribution in [2.24, 2.45) is 4.99 Å². The Bertz CT molecular complexity index is 3320. The number of hydrogen-bond acceptors (Lipinski definition) is 5. The fourth-order valence-corrected chi connectivity index (χ4v) is 9.94. The van der Waals surface area contributed by atoms with E-state index in [2.05, 4.69) is 185 Å². The van der Waals surface area contributed by atoms with Crippen molar-refractivity contribution in [3.63, 3.8) is 0 Å². The Morgan fingerprint density at radius 1 is 0.491 bits per heavy atom. The number of hydrogen-bond donors (Lipinski definition) is 2. The van der Waals surface area contributed by atoms with Crippen molar-refractivity contribution in [1.29, 1.82) is 0 Å². The molecule has 0 saturated heterocycles. The summed E-state index contributed by atoms with van der Waals surface area (Å²) in [7, 11) is 0. The molecular weight excluding hydrogens is 717 g/mol. The average Bonchev–Trinajstić information content (AvgIpc) is 3.96. The second kappa shape index (κ2) is 12.8. The maximum Gasteiger partial charge on any atom is 0.135 e. The van der Waals surface area contributed by atoms with Crippen LogP contribution >= 0.6 is 11.3 Å².